The number of anilines is 1. The molecule has 1 amide bonds. The van der Waals surface area contributed by atoms with Crippen LogP contribution in [0.4, 0.5) is 5.13 Å². The predicted octanol–water partition coefficient (Wildman–Crippen LogP) is 4.49. The van der Waals surface area contributed by atoms with E-state index in [1.54, 1.807) is 0 Å². The molecule has 4 nitrogen and oxygen atoms in total. The lowest BCUT2D eigenvalue weighted by molar-refractivity contribution is 0.102. The number of carbonyl (C=O) groups excluding carboxylic acids is 1. The maximum Gasteiger partial charge on any atom is 0.257 e. The molecule has 1 aliphatic heterocycles. The van der Waals surface area contributed by atoms with E-state index in [9.17, 15) is 4.79 Å². The van der Waals surface area contributed by atoms with Gasteiger partial charge in [0.1, 0.15) is 0 Å². The van der Waals surface area contributed by atoms with Crippen molar-refractivity contribution in [2.45, 2.75) is 40.7 Å². The summed E-state index contributed by atoms with van der Waals surface area (Å²) in [5, 5.41) is 5.66. The number of likely N-dealkylation sites (tertiary alicyclic amines) is 1. The number of thiazole rings is 1. The molecule has 0 unspecified atom stereocenters. The highest BCUT2D eigenvalue weighted by atomic mass is 32.1. The number of nitrogens with one attached hydrogen (secondary N) is 1. The number of piperidine rings is 1. The first-order valence-electron chi connectivity index (χ1n) is 8.96. The molecule has 0 radical (unpaired) electrons. The van der Waals surface area contributed by atoms with Crippen LogP contribution in [0.25, 0.3) is 0 Å². The minimum atomic E-state index is -0.0933. The van der Waals surface area contributed by atoms with Crippen molar-refractivity contribution >= 4 is 22.4 Å². The minimum Gasteiger partial charge on any atom is -0.298 e. The van der Waals surface area contributed by atoms with Crippen LogP contribution >= 0.6 is 11.3 Å². The molecule has 1 saturated heterocycles. The summed E-state index contributed by atoms with van der Waals surface area (Å²) < 4.78 is 0. The van der Waals surface area contributed by atoms with E-state index in [0.717, 1.165) is 42.7 Å². The Labute approximate surface area is 154 Å². The van der Waals surface area contributed by atoms with E-state index < -0.39 is 0 Å². The summed E-state index contributed by atoms with van der Waals surface area (Å²) in [7, 11) is 0. The third-order valence-electron chi connectivity index (χ3n) is 4.87. The van der Waals surface area contributed by atoms with Gasteiger partial charge >= 0.3 is 0 Å². The van der Waals surface area contributed by atoms with E-state index in [1.807, 2.05) is 32.0 Å². The number of benzene rings is 1. The van der Waals surface area contributed by atoms with Crippen LogP contribution in [0, 0.1) is 25.7 Å². The largest absolute Gasteiger partial charge is 0.298 e. The quantitative estimate of drug-likeness (QED) is 0.877. The van der Waals surface area contributed by atoms with Crippen LogP contribution in [0.5, 0.6) is 0 Å². The fourth-order valence-electron chi connectivity index (χ4n) is 3.64. The van der Waals surface area contributed by atoms with Crippen LogP contribution < -0.4 is 5.32 Å². The van der Waals surface area contributed by atoms with Gasteiger partial charge in [0.25, 0.3) is 5.91 Å². The first kappa shape index (κ1) is 18.1. The Kier molecular flexibility index (Phi) is 5.54. The molecular weight excluding hydrogens is 330 g/mol. The molecule has 2 aromatic rings. The average molecular weight is 358 g/mol. The van der Waals surface area contributed by atoms with Gasteiger partial charge in [-0.1, -0.05) is 19.9 Å². The highest BCUT2D eigenvalue weighted by molar-refractivity contribution is 7.13. The number of nitrogens with zero attached hydrogens (tertiary/aromatic N) is 2. The van der Waals surface area contributed by atoms with Crippen molar-refractivity contribution < 1.29 is 4.79 Å². The SMILES string of the molecule is Cc1ccc(C(=O)Nc2nc(CN3C[C@H](C)C[C@@H](C)C3)cs2)cc1C. The number of amides is 1. The van der Waals surface area contributed by atoms with Crippen LogP contribution in [0.2, 0.25) is 0 Å². The molecule has 0 aliphatic carbocycles. The van der Waals surface area contributed by atoms with Crippen LogP contribution in [0.1, 0.15) is 47.4 Å². The molecule has 1 aliphatic rings. The van der Waals surface area contributed by atoms with Gasteiger partial charge in [-0.25, -0.2) is 4.98 Å². The number of hydrogen-bond acceptors (Lipinski definition) is 4. The summed E-state index contributed by atoms with van der Waals surface area (Å²) in [6.07, 6.45) is 1.31. The Morgan fingerprint density at radius 2 is 1.96 bits per heavy atom. The fraction of sp³-hybridized carbons (Fsp3) is 0.500. The molecule has 1 fully saturated rings. The Morgan fingerprint density at radius 3 is 2.64 bits per heavy atom. The average Bonchev–Trinajstić information content (AvgIpc) is 2.95. The van der Waals surface area contributed by atoms with Gasteiger partial charge in [-0.3, -0.25) is 15.0 Å². The van der Waals surface area contributed by atoms with E-state index in [0.29, 0.717) is 10.7 Å². The van der Waals surface area contributed by atoms with Gasteiger partial charge in [0, 0.05) is 30.6 Å². The first-order valence-corrected chi connectivity index (χ1v) is 9.84. The highest BCUT2D eigenvalue weighted by Gasteiger charge is 2.22. The summed E-state index contributed by atoms with van der Waals surface area (Å²) in [6.45, 7) is 11.8. The van der Waals surface area contributed by atoms with Crippen molar-refractivity contribution in [1.82, 2.24) is 9.88 Å². The standard InChI is InChI=1S/C20H27N3OS/c1-13-7-14(2)10-23(9-13)11-18-12-25-20(21-18)22-19(24)17-6-5-15(3)16(4)8-17/h5-6,8,12-14H,7,9-11H2,1-4H3,(H,21,22,24)/t13-,14-/m1/s1. The maximum atomic E-state index is 12.4. The van der Waals surface area contributed by atoms with Gasteiger partial charge in [-0.15, -0.1) is 11.3 Å². The van der Waals surface area contributed by atoms with Crippen molar-refractivity contribution in [3.05, 3.63) is 46.0 Å². The second-order valence-electron chi connectivity index (χ2n) is 7.54. The molecule has 0 saturated carbocycles. The van der Waals surface area contributed by atoms with E-state index in [2.05, 4.69) is 34.4 Å². The molecule has 0 bridgehead atoms. The van der Waals surface area contributed by atoms with E-state index in [1.165, 1.54) is 23.3 Å². The van der Waals surface area contributed by atoms with Crippen molar-refractivity contribution in [2.75, 3.05) is 18.4 Å². The van der Waals surface area contributed by atoms with Crippen molar-refractivity contribution in [1.29, 1.82) is 0 Å². The predicted molar refractivity (Wildman–Crippen MR) is 104 cm³/mol. The third kappa shape index (κ3) is 4.67. The molecule has 1 aromatic heterocycles. The number of carbonyl (C=O) groups is 1. The topological polar surface area (TPSA) is 45.2 Å². The smallest absolute Gasteiger partial charge is 0.257 e. The third-order valence-corrected chi connectivity index (χ3v) is 5.68. The highest BCUT2D eigenvalue weighted by Crippen LogP contribution is 2.24. The number of aryl methyl sites for hydroxylation is 2. The monoisotopic (exact) mass is 357 g/mol. The number of hydrogen-bond donors (Lipinski definition) is 1. The van der Waals surface area contributed by atoms with Crippen LogP contribution in [-0.4, -0.2) is 28.9 Å². The van der Waals surface area contributed by atoms with Crippen molar-refractivity contribution in [3.63, 3.8) is 0 Å². The van der Waals surface area contributed by atoms with Gasteiger partial charge < -0.3 is 0 Å². The molecule has 134 valence electrons. The Balaban J connectivity index is 1.61. The van der Waals surface area contributed by atoms with Gasteiger partial charge in [0.15, 0.2) is 5.13 Å². The number of aromatic nitrogens is 1. The zero-order chi connectivity index (χ0) is 18.0. The van der Waals surface area contributed by atoms with Crippen LogP contribution in [0.15, 0.2) is 23.6 Å². The number of rotatable bonds is 4. The summed E-state index contributed by atoms with van der Waals surface area (Å²) in [4.78, 5) is 19.5. The minimum absolute atomic E-state index is 0.0933. The zero-order valence-electron chi connectivity index (χ0n) is 15.5. The van der Waals surface area contributed by atoms with Gasteiger partial charge in [0.2, 0.25) is 0 Å². The van der Waals surface area contributed by atoms with Crippen LogP contribution in [-0.2, 0) is 6.54 Å². The van der Waals surface area contributed by atoms with Gasteiger partial charge in [-0.2, -0.15) is 0 Å². The van der Waals surface area contributed by atoms with Gasteiger partial charge in [-0.05, 0) is 55.4 Å². The molecule has 1 aromatic carbocycles. The van der Waals surface area contributed by atoms with Crippen LogP contribution in [0.3, 0.4) is 0 Å². The molecular formula is C20H27N3OS. The molecule has 0 spiro atoms. The molecule has 5 heteroatoms. The summed E-state index contributed by atoms with van der Waals surface area (Å²) in [5.74, 6) is 1.39. The summed E-state index contributed by atoms with van der Waals surface area (Å²) in [5.41, 5.74) is 4.04. The van der Waals surface area contributed by atoms with E-state index in [4.69, 9.17) is 0 Å². The van der Waals surface area contributed by atoms with E-state index in [-0.39, 0.29) is 5.91 Å². The normalized spacial score (nSPS) is 21.3. The lowest BCUT2D eigenvalue weighted by Gasteiger charge is -2.34. The molecule has 2 atom stereocenters. The summed E-state index contributed by atoms with van der Waals surface area (Å²) >= 11 is 1.50. The van der Waals surface area contributed by atoms with Crippen molar-refractivity contribution in [3.8, 4) is 0 Å². The zero-order valence-corrected chi connectivity index (χ0v) is 16.3. The van der Waals surface area contributed by atoms with Crippen molar-refractivity contribution in [2.24, 2.45) is 11.8 Å². The second kappa shape index (κ2) is 7.67. The Bertz CT molecular complexity index is 745. The van der Waals surface area contributed by atoms with Gasteiger partial charge in [0.05, 0.1) is 5.69 Å². The lowest BCUT2D eigenvalue weighted by Crippen LogP contribution is -2.38. The lowest BCUT2D eigenvalue weighted by atomic mass is 9.92. The Morgan fingerprint density at radius 1 is 1.24 bits per heavy atom. The fourth-order valence-corrected chi connectivity index (χ4v) is 4.34. The summed E-state index contributed by atoms with van der Waals surface area (Å²) in [6, 6.07) is 5.77. The molecule has 3 rings (SSSR count). The first-order chi connectivity index (χ1) is 11.9. The molecule has 1 N–H and O–H groups in total. The molecule has 2 heterocycles. The second-order valence-corrected chi connectivity index (χ2v) is 8.40. The maximum absolute atomic E-state index is 12.4. The van der Waals surface area contributed by atoms with E-state index >= 15 is 0 Å². The Hall–Kier alpha value is -1.72. The molecule has 25 heavy (non-hydrogen) atoms.